The number of benzene rings is 2. The Labute approximate surface area is 155 Å². The Morgan fingerprint density at radius 3 is 2.46 bits per heavy atom. The highest BCUT2D eigenvalue weighted by Crippen LogP contribution is 2.21. The van der Waals surface area contributed by atoms with E-state index in [0.717, 1.165) is 30.8 Å². The van der Waals surface area contributed by atoms with E-state index in [0.29, 0.717) is 19.8 Å². The lowest BCUT2D eigenvalue weighted by molar-refractivity contribution is 0.0881. The van der Waals surface area contributed by atoms with E-state index in [1.807, 2.05) is 30.3 Å². The van der Waals surface area contributed by atoms with E-state index in [9.17, 15) is 9.18 Å². The number of ether oxygens (including phenoxy) is 1. The molecule has 0 saturated heterocycles. The molecule has 0 heterocycles. The van der Waals surface area contributed by atoms with Crippen LogP contribution in [0.15, 0.2) is 48.5 Å². The van der Waals surface area contributed by atoms with Crippen LogP contribution < -0.4 is 5.32 Å². The van der Waals surface area contributed by atoms with E-state index < -0.39 is 11.7 Å². The summed E-state index contributed by atoms with van der Waals surface area (Å²) in [7, 11) is 0. The highest BCUT2D eigenvalue weighted by Gasteiger charge is 2.12. The Hall–Kier alpha value is -2.24. The van der Waals surface area contributed by atoms with Crippen molar-refractivity contribution in [2.75, 3.05) is 39.4 Å². The van der Waals surface area contributed by atoms with Crippen LogP contribution in [0.1, 0.15) is 24.2 Å². The molecule has 4 nitrogen and oxygen atoms in total. The zero-order chi connectivity index (χ0) is 18.8. The number of carbonyl (C=O) groups excluding carboxylic acids is 1. The number of hydrogen-bond acceptors (Lipinski definition) is 3. The lowest BCUT2D eigenvalue weighted by Crippen LogP contribution is -2.30. The molecule has 2 rings (SSSR count). The summed E-state index contributed by atoms with van der Waals surface area (Å²) in [6.45, 7) is 8.47. The lowest BCUT2D eigenvalue weighted by Gasteiger charge is -2.17. The van der Waals surface area contributed by atoms with Gasteiger partial charge in [-0.1, -0.05) is 50.2 Å². The molecule has 0 spiro atoms. The van der Waals surface area contributed by atoms with Crippen LogP contribution in [-0.2, 0) is 4.74 Å². The smallest absolute Gasteiger partial charge is 0.254 e. The van der Waals surface area contributed by atoms with Gasteiger partial charge in [0, 0.05) is 13.1 Å². The first-order valence-electron chi connectivity index (χ1n) is 9.09. The second-order valence-corrected chi connectivity index (χ2v) is 5.96. The van der Waals surface area contributed by atoms with Gasteiger partial charge in [-0.25, -0.2) is 4.39 Å². The van der Waals surface area contributed by atoms with Gasteiger partial charge in [0.1, 0.15) is 5.82 Å². The zero-order valence-corrected chi connectivity index (χ0v) is 15.5. The summed E-state index contributed by atoms with van der Waals surface area (Å²) in [5.74, 6) is -0.947. The number of rotatable bonds is 10. The second-order valence-electron chi connectivity index (χ2n) is 5.96. The van der Waals surface area contributed by atoms with Gasteiger partial charge in [-0.3, -0.25) is 4.79 Å². The zero-order valence-electron chi connectivity index (χ0n) is 15.5. The van der Waals surface area contributed by atoms with E-state index in [4.69, 9.17) is 4.74 Å². The van der Waals surface area contributed by atoms with Crippen molar-refractivity contribution >= 4 is 5.91 Å². The minimum absolute atomic E-state index is 0.0505. The van der Waals surface area contributed by atoms with Crippen molar-refractivity contribution in [3.8, 4) is 11.1 Å². The van der Waals surface area contributed by atoms with Crippen LogP contribution in [0, 0.1) is 5.82 Å². The Morgan fingerprint density at radius 2 is 1.77 bits per heavy atom. The highest BCUT2D eigenvalue weighted by atomic mass is 19.1. The molecule has 2 aromatic carbocycles. The topological polar surface area (TPSA) is 41.6 Å². The normalized spacial score (nSPS) is 10.9. The van der Waals surface area contributed by atoms with Gasteiger partial charge in [0.15, 0.2) is 0 Å². The van der Waals surface area contributed by atoms with Gasteiger partial charge in [-0.15, -0.1) is 0 Å². The van der Waals surface area contributed by atoms with Crippen molar-refractivity contribution in [3.63, 3.8) is 0 Å². The number of carbonyl (C=O) groups is 1. The molecule has 0 aliphatic rings. The van der Waals surface area contributed by atoms with Gasteiger partial charge in [0.2, 0.25) is 0 Å². The van der Waals surface area contributed by atoms with Crippen LogP contribution in [-0.4, -0.2) is 50.2 Å². The average Bonchev–Trinajstić information content (AvgIpc) is 2.68. The Balaban J connectivity index is 1.84. The monoisotopic (exact) mass is 358 g/mol. The molecule has 5 heteroatoms. The van der Waals surface area contributed by atoms with E-state index in [2.05, 4.69) is 24.1 Å². The summed E-state index contributed by atoms with van der Waals surface area (Å²) in [6.07, 6.45) is 0. The summed E-state index contributed by atoms with van der Waals surface area (Å²) >= 11 is 0. The molecule has 140 valence electrons. The molecule has 0 aromatic heterocycles. The van der Waals surface area contributed by atoms with Gasteiger partial charge >= 0.3 is 0 Å². The third-order valence-electron chi connectivity index (χ3n) is 4.30. The molecule has 0 unspecified atom stereocenters. The molecule has 1 N–H and O–H groups in total. The van der Waals surface area contributed by atoms with Gasteiger partial charge in [-0.2, -0.15) is 0 Å². The summed E-state index contributed by atoms with van der Waals surface area (Å²) in [5.41, 5.74) is 1.81. The van der Waals surface area contributed by atoms with Crippen molar-refractivity contribution in [3.05, 3.63) is 59.9 Å². The predicted octanol–water partition coefficient (Wildman–Crippen LogP) is 3.58. The SMILES string of the molecule is CCN(CC)CCOCCNC(=O)c1cc(-c2ccccc2)ccc1F. The largest absolute Gasteiger partial charge is 0.378 e. The molecule has 1 amide bonds. The molecule has 26 heavy (non-hydrogen) atoms. The molecule has 0 bridgehead atoms. The molecular weight excluding hydrogens is 331 g/mol. The summed E-state index contributed by atoms with van der Waals surface area (Å²) < 4.78 is 19.6. The molecule has 2 aromatic rings. The van der Waals surface area contributed by atoms with Crippen molar-refractivity contribution < 1.29 is 13.9 Å². The minimum Gasteiger partial charge on any atom is -0.378 e. The van der Waals surface area contributed by atoms with Crippen LogP contribution in [0.2, 0.25) is 0 Å². The van der Waals surface area contributed by atoms with Crippen molar-refractivity contribution in [2.45, 2.75) is 13.8 Å². The standard InChI is InChI=1S/C21H27FN2O2/c1-3-24(4-2)13-15-26-14-12-23-21(25)19-16-18(10-11-20(19)22)17-8-6-5-7-9-17/h5-11,16H,3-4,12-15H2,1-2H3,(H,23,25). The number of nitrogens with zero attached hydrogens (tertiary/aromatic N) is 1. The lowest BCUT2D eigenvalue weighted by atomic mass is 10.0. The Bertz CT molecular complexity index is 688. The minimum atomic E-state index is -0.523. The molecule has 0 aliphatic heterocycles. The van der Waals surface area contributed by atoms with Gasteiger partial charge < -0.3 is 15.0 Å². The maximum Gasteiger partial charge on any atom is 0.254 e. The maximum absolute atomic E-state index is 14.0. The van der Waals surface area contributed by atoms with Gasteiger partial charge in [-0.05, 0) is 36.3 Å². The first-order valence-corrected chi connectivity index (χ1v) is 9.09. The van der Waals surface area contributed by atoms with E-state index in [1.165, 1.54) is 6.07 Å². The van der Waals surface area contributed by atoms with E-state index >= 15 is 0 Å². The average molecular weight is 358 g/mol. The third-order valence-corrected chi connectivity index (χ3v) is 4.30. The first kappa shape index (κ1) is 20.1. The van der Waals surface area contributed by atoms with Crippen LogP contribution in [0.4, 0.5) is 4.39 Å². The van der Waals surface area contributed by atoms with Crippen LogP contribution >= 0.6 is 0 Å². The molecule has 0 saturated carbocycles. The van der Waals surface area contributed by atoms with Crippen LogP contribution in [0.3, 0.4) is 0 Å². The molecule has 0 radical (unpaired) electrons. The number of halogens is 1. The van der Waals surface area contributed by atoms with Gasteiger partial charge in [0.05, 0.1) is 18.8 Å². The molecular formula is C21H27FN2O2. The van der Waals surface area contributed by atoms with E-state index in [1.54, 1.807) is 12.1 Å². The van der Waals surface area contributed by atoms with Crippen LogP contribution in [0.5, 0.6) is 0 Å². The van der Waals surface area contributed by atoms with E-state index in [-0.39, 0.29) is 5.56 Å². The number of likely N-dealkylation sites (N-methyl/N-ethyl adjacent to an activating group) is 1. The summed E-state index contributed by atoms with van der Waals surface area (Å²) in [4.78, 5) is 14.5. The Morgan fingerprint density at radius 1 is 1.04 bits per heavy atom. The number of nitrogens with one attached hydrogen (secondary N) is 1. The summed E-state index contributed by atoms with van der Waals surface area (Å²) in [6, 6.07) is 14.2. The summed E-state index contributed by atoms with van der Waals surface area (Å²) in [5, 5.41) is 2.72. The fourth-order valence-electron chi connectivity index (χ4n) is 2.68. The Kier molecular flexibility index (Phi) is 8.25. The number of hydrogen-bond donors (Lipinski definition) is 1. The van der Waals surface area contributed by atoms with Crippen molar-refractivity contribution in [1.82, 2.24) is 10.2 Å². The van der Waals surface area contributed by atoms with Crippen LogP contribution in [0.25, 0.3) is 11.1 Å². The number of amides is 1. The maximum atomic E-state index is 14.0. The quantitative estimate of drug-likeness (QED) is 0.660. The van der Waals surface area contributed by atoms with Crippen molar-refractivity contribution in [1.29, 1.82) is 0 Å². The molecule has 0 fully saturated rings. The van der Waals surface area contributed by atoms with Gasteiger partial charge in [0.25, 0.3) is 5.91 Å². The molecule has 0 aliphatic carbocycles. The molecule has 0 atom stereocenters. The predicted molar refractivity (Wildman–Crippen MR) is 103 cm³/mol. The second kappa shape index (κ2) is 10.7. The highest BCUT2D eigenvalue weighted by molar-refractivity contribution is 5.95. The van der Waals surface area contributed by atoms with Crippen molar-refractivity contribution in [2.24, 2.45) is 0 Å². The fourth-order valence-corrected chi connectivity index (χ4v) is 2.68. The third kappa shape index (κ3) is 5.93. The fraction of sp³-hybridized carbons (Fsp3) is 0.381. The first-order chi connectivity index (χ1) is 12.7.